The highest BCUT2D eigenvalue weighted by Crippen LogP contribution is 2.31. The number of anilines is 1. The third kappa shape index (κ3) is 3.79. The Morgan fingerprint density at radius 1 is 1.05 bits per heavy atom. The predicted octanol–water partition coefficient (Wildman–Crippen LogP) is 3.24. The first-order chi connectivity index (χ1) is 10.6. The Morgan fingerprint density at radius 2 is 1.73 bits per heavy atom. The molecule has 0 unspecified atom stereocenters. The number of nitrogens with one attached hydrogen (secondary N) is 1. The number of ether oxygens (including phenoxy) is 2. The lowest BCUT2D eigenvalue weighted by molar-refractivity contribution is -0.131. The Labute approximate surface area is 128 Å². The van der Waals surface area contributed by atoms with Gasteiger partial charge in [0.2, 0.25) is 0 Å². The van der Waals surface area contributed by atoms with E-state index in [2.05, 4.69) is 5.32 Å². The number of carbonyl (C=O) groups is 1. The van der Waals surface area contributed by atoms with Gasteiger partial charge in [-0.15, -0.1) is 0 Å². The number of hydrogen-bond donors (Lipinski definition) is 2. The van der Waals surface area contributed by atoms with Crippen molar-refractivity contribution in [1.82, 2.24) is 0 Å². The zero-order chi connectivity index (χ0) is 15.9. The lowest BCUT2D eigenvalue weighted by Crippen LogP contribution is -2.03. The SMILES string of the molecule is COc1ccc(NC(=CC(=O)O)c2ccccc2)cc1OC. The third-order valence-electron chi connectivity index (χ3n) is 3.02. The van der Waals surface area contributed by atoms with Gasteiger partial charge in [0, 0.05) is 17.8 Å². The molecule has 2 aromatic carbocycles. The average Bonchev–Trinajstić information content (AvgIpc) is 2.54. The van der Waals surface area contributed by atoms with E-state index in [1.54, 1.807) is 32.4 Å². The summed E-state index contributed by atoms with van der Waals surface area (Å²) in [6.45, 7) is 0. The van der Waals surface area contributed by atoms with Crippen molar-refractivity contribution in [2.24, 2.45) is 0 Å². The molecular formula is C17H17NO4. The van der Waals surface area contributed by atoms with Gasteiger partial charge in [-0.05, 0) is 17.7 Å². The molecule has 0 fully saturated rings. The van der Waals surface area contributed by atoms with Crippen LogP contribution in [0.2, 0.25) is 0 Å². The molecule has 0 aliphatic rings. The van der Waals surface area contributed by atoms with E-state index >= 15 is 0 Å². The van der Waals surface area contributed by atoms with Crippen LogP contribution in [0.4, 0.5) is 5.69 Å². The maximum absolute atomic E-state index is 11.0. The second-order valence-corrected chi connectivity index (χ2v) is 4.46. The number of carboxylic acids is 1. The molecule has 114 valence electrons. The zero-order valence-corrected chi connectivity index (χ0v) is 12.4. The molecule has 0 bridgehead atoms. The van der Waals surface area contributed by atoms with E-state index in [-0.39, 0.29) is 0 Å². The molecule has 0 radical (unpaired) electrons. The molecule has 2 rings (SSSR count). The lowest BCUT2D eigenvalue weighted by atomic mass is 10.1. The summed E-state index contributed by atoms with van der Waals surface area (Å²) in [6, 6.07) is 14.5. The molecule has 0 aromatic heterocycles. The molecule has 0 heterocycles. The molecule has 2 aromatic rings. The fourth-order valence-electron chi connectivity index (χ4n) is 2.00. The van der Waals surface area contributed by atoms with Crippen molar-refractivity contribution in [3.05, 3.63) is 60.2 Å². The summed E-state index contributed by atoms with van der Waals surface area (Å²) in [5, 5.41) is 12.1. The molecule has 2 N–H and O–H groups in total. The van der Waals surface area contributed by atoms with Crippen LogP contribution in [0, 0.1) is 0 Å². The van der Waals surface area contributed by atoms with Crippen LogP contribution in [-0.4, -0.2) is 25.3 Å². The van der Waals surface area contributed by atoms with Crippen LogP contribution >= 0.6 is 0 Å². The van der Waals surface area contributed by atoms with Gasteiger partial charge in [-0.3, -0.25) is 0 Å². The van der Waals surface area contributed by atoms with E-state index in [1.807, 2.05) is 30.3 Å². The molecule has 0 aliphatic heterocycles. The first-order valence-electron chi connectivity index (χ1n) is 6.63. The van der Waals surface area contributed by atoms with Crippen LogP contribution in [0.1, 0.15) is 5.56 Å². The summed E-state index contributed by atoms with van der Waals surface area (Å²) in [5.74, 6) is 0.151. The smallest absolute Gasteiger partial charge is 0.330 e. The van der Waals surface area contributed by atoms with Crippen molar-refractivity contribution < 1.29 is 19.4 Å². The monoisotopic (exact) mass is 299 g/mol. The van der Waals surface area contributed by atoms with Crippen LogP contribution in [0.25, 0.3) is 5.70 Å². The van der Waals surface area contributed by atoms with E-state index in [1.165, 1.54) is 0 Å². The van der Waals surface area contributed by atoms with Crippen LogP contribution in [0.5, 0.6) is 11.5 Å². The molecule has 0 amide bonds. The van der Waals surface area contributed by atoms with Gasteiger partial charge < -0.3 is 19.9 Å². The van der Waals surface area contributed by atoms with Crippen molar-refractivity contribution >= 4 is 17.4 Å². The zero-order valence-electron chi connectivity index (χ0n) is 12.4. The van der Waals surface area contributed by atoms with Crippen molar-refractivity contribution in [1.29, 1.82) is 0 Å². The van der Waals surface area contributed by atoms with Crippen LogP contribution in [0.3, 0.4) is 0 Å². The third-order valence-corrected chi connectivity index (χ3v) is 3.02. The summed E-state index contributed by atoms with van der Waals surface area (Å²) in [6.07, 6.45) is 1.13. The maximum atomic E-state index is 11.0. The molecule has 5 nitrogen and oxygen atoms in total. The summed E-state index contributed by atoms with van der Waals surface area (Å²) < 4.78 is 10.4. The van der Waals surface area contributed by atoms with Crippen LogP contribution in [-0.2, 0) is 4.79 Å². The van der Waals surface area contributed by atoms with Crippen LogP contribution < -0.4 is 14.8 Å². The topological polar surface area (TPSA) is 67.8 Å². The minimum atomic E-state index is -1.02. The average molecular weight is 299 g/mol. The fraction of sp³-hybridized carbons (Fsp3) is 0.118. The molecule has 22 heavy (non-hydrogen) atoms. The van der Waals surface area contributed by atoms with E-state index in [9.17, 15) is 4.79 Å². The summed E-state index contributed by atoms with van der Waals surface area (Å²) in [4.78, 5) is 11.0. The Balaban J connectivity index is 2.34. The van der Waals surface area contributed by atoms with E-state index in [0.29, 0.717) is 22.9 Å². The fourth-order valence-corrected chi connectivity index (χ4v) is 2.00. The minimum Gasteiger partial charge on any atom is -0.493 e. The van der Waals surface area contributed by atoms with E-state index in [0.717, 1.165) is 11.6 Å². The lowest BCUT2D eigenvalue weighted by Gasteiger charge is -2.13. The van der Waals surface area contributed by atoms with Crippen molar-refractivity contribution in [2.75, 3.05) is 19.5 Å². The van der Waals surface area contributed by atoms with Crippen molar-refractivity contribution in [3.63, 3.8) is 0 Å². The number of benzene rings is 2. The number of carboxylic acid groups (broad SMARTS) is 1. The van der Waals surface area contributed by atoms with Gasteiger partial charge in [0.05, 0.1) is 19.9 Å². The minimum absolute atomic E-state index is 0.486. The first kappa shape index (κ1) is 15.4. The van der Waals surface area contributed by atoms with E-state index < -0.39 is 5.97 Å². The van der Waals surface area contributed by atoms with Gasteiger partial charge in [-0.1, -0.05) is 30.3 Å². The van der Waals surface area contributed by atoms with Gasteiger partial charge in [0.15, 0.2) is 11.5 Å². The second-order valence-electron chi connectivity index (χ2n) is 4.46. The van der Waals surface area contributed by atoms with Gasteiger partial charge in [-0.2, -0.15) is 0 Å². The van der Waals surface area contributed by atoms with Gasteiger partial charge in [0.25, 0.3) is 0 Å². The highest BCUT2D eigenvalue weighted by atomic mass is 16.5. The molecule has 5 heteroatoms. The summed E-state index contributed by atoms with van der Waals surface area (Å²) in [7, 11) is 3.11. The Bertz CT molecular complexity index is 680. The van der Waals surface area contributed by atoms with Crippen LogP contribution in [0.15, 0.2) is 54.6 Å². The normalized spacial score (nSPS) is 10.9. The highest BCUT2D eigenvalue weighted by molar-refractivity contribution is 5.93. The van der Waals surface area contributed by atoms with Crippen molar-refractivity contribution in [2.45, 2.75) is 0 Å². The standard InChI is InChI=1S/C17H17NO4/c1-21-15-9-8-13(10-16(15)22-2)18-14(11-17(19)20)12-6-4-3-5-7-12/h3-11,18H,1-2H3,(H,19,20). The van der Waals surface area contributed by atoms with Gasteiger partial charge >= 0.3 is 5.97 Å². The Hall–Kier alpha value is -2.95. The molecule has 0 aliphatic carbocycles. The summed E-state index contributed by atoms with van der Waals surface area (Å²) >= 11 is 0. The number of methoxy groups -OCH3 is 2. The molecule has 0 saturated carbocycles. The number of aliphatic carboxylic acids is 1. The Morgan fingerprint density at radius 3 is 2.32 bits per heavy atom. The van der Waals surface area contributed by atoms with Gasteiger partial charge in [-0.25, -0.2) is 4.79 Å². The summed E-state index contributed by atoms with van der Waals surface area (Å²) in [5.41, 5.74) is 1.97. The Kier molecular flexibility index (Phi) is 5.03. The number of hydrogen-bond acceptors (Lipinski definition) is 4. The van der Waals surface area contributed by atoms with Gasteiger partial charge in [0.1, 0.15) is 0 Å². The largest absolute Gasteiger partial charge is 0.493 e. The van der Waals surface area contributed by atoms with E-state index in [4.69, 9.17) is 14.6 Å². The first-order valence-corrected chi connectivity index (χ1v) is 6.63. The van der Waals surface area contributed by atoms with Crippen molar-refractivity contribution in [3.8, 4) is 11.5 Å². The quantitative estimate of drug-likeness (QED) is 0.801. The highest BCUT2D eigenvalue weighted by Gasteiger charge is 2.08. The second kappa shape index (κ2) is 7.17. The predicted molar refractivity (Wildman–Crippen MR) is 85.2 cm³/mol. The number of rotatable bonds is 6. The molecular weight excluding hydrogens is 282 g/mol. The molecule has 0 saturated heterocycles. The molecule has 0 atom stereocenters. The molecule has 0 spiro atoms. The maximum Gasteiger partial charge on any atom is 0.330 e.